The van der Waals surface area contributed by atoms with Crippen LogP contribution in [0.3, 0.4) is 0 Å². The molecule has 0 heterocycles. The van der Waals surface area contributed by atoms with Crippen LogP contribution in [0.25, 0.3) is 0 Å². The fraction of sp³-hybridized carbons (Fsp3) is 0.929. The van der Waals surface area contributed by atoms with Crippen molar-refractivity contribution in [3.8, 4) is 0 Å². The first-order chi connectivity index (χ1) is 8.67. The molecule has 0 aromatic heterocycles. The Morgan fingerprint density at radius 3 is 2.50 bits per heavy atom. The fourth-order valence-electron chi connectivity index (χ4n) is 2.63. The van der Waals surface area contributed by atoms with Crippen LogP contribution in [0.5, 0.6) is 0 Å². The van der Waals surface area contributed by atoms with Gasteiger partial charge in [0.15, 0.2) is 0 Å². The first-order valence-corrected chi connectivity index (χ1v) is 8.77. The van der Waals surface area contributed by atoms with Crippen LogP contribution in [0, 0.1) is 5.92 Å². The highest BCUT2D eigenvalue weighted by Crippen LogP contribution is 2.24. The second-order valence-electron chi connectivity index (χ2n) is 5.21. The maximum absolute atomic E-state index is 12.1. The van der Waals surface area contributed by atoms with Crippen molar-refractivity contribution < 1.29 is 9.00 Å². The molecule has 0 radical (unpaired) electrons. The van der Waals surface area contributed by atoms with E-state index in [1.807, 2.05) is 13.8 Å². The van der Waals surface area contributed by atoms with E-state index in [4.69, 9.17) is 0 Å². The minimum atomic E-state index is -0.855. The van der Waals surface area contributed by atoms with Gasteiger partial charge in [0.05, 0.1) is 6.04 Å². The molecule has 0 aliphatic heterocycles. The van der Waals surface area contributed by atoms with Crippen LogP contribution in [0.1, 0.15) is 52.4 Å². The molecule has 0 spiro atoms. The Hall–Kier alpha value is -0.220. The molecule has 1 aliphatic rings. The van der Waals surface area contributed by atoms with Gasteiger partial charge in [-0.2, -0.15) is 0 Å². The quantitative estimate of drug-likeness (QED) is 0.738. The Morgan fingerprint density at radius 2 is 1.94 bits per heavy atom. The molecule has 1 saturated carbocycles. The molecule has 106 valence electrons. The van der Waals surface area contributed by atoms with Gasteiger partial charge >= 0.3 is 0 Å². The molecule has 1 aliphatic carbocycles. The number of nitrogens with one attached hydrogen (secondary N) is 1. The van der Waals surface area contributed by atoms with Gasteiger partial charge in [-0.3, -0.25) is 9.00 Å². The lowest BCUT2D eigenvalue weighted by Crippen LogP contribution is -2.41. The molecule has 0 amide bonds. The zero-order valence-electron chi connectivity index (χ0n) is 11.7. The first-order valence-electron chi connectivity index (χ1n) is 7.28. The van der Waals surface area contributed by atoms with Gasteiger partial charge in [-0.25, -0.2) is 0 Å². The average Bonchev–Trinajstić information content (AvgIpc) is 2.38. The summed E-state index contributed by atoms with van der Waals surface area (Å²) in [5.74, 6) is 2.10. The van der Waals surface area contributed by atoms with Crippen LogP contribution >= 0.6 is 0 Å². The number of rotatable bonds is 8. The summed E-state index contributed by atoms with van der Waals surface area (Å²) in [6, 6.07) is -0.204. The van der Waals surface area contributed by atoms with Crippen molar-refractivity contribution in [3.63, 3.8) is 0 Å². The standard InChI is InChI=1S/C14H27NO2S/c1-3-14(16)13(15-4-2)11-18(17)10-12-8-6-5-7-9-12/h12-13,15H,3-11H2,1-2H3. The van der Waals surface area contributed by atoms with Crippen LogP contribution < -0.4 is 5.32 Å². The maximum Gasteiger partial charge on any atom is 0.150 e. The molecule has 2 unspecified atom stereocenters. The Morgan fingerprint density at radius 1 is 1.28 bits per heavy atom. The summed E-state index contributed by atoms with van der Waals surface area (Å²) in [4.78, 5) is 11.7. The molecule has 3 nitrogen and oxygen atoms in total. The van der Waals surface area contributed by atoms with Crippen LogP contribution in [-0.2, 0) is 15.6 Å². The molecular weight excluding hydrogens is 246 g/mol. The summed E-state index contributed by atoms with van der Waals surface area (Å²) < 4.78 is 12.1. The van der Waals surface area contributed by atoms with E-state index in [1.165, 1.54) is 32.1 Å². The van der Waals surface area contributed by atoms with Crippen molar-refractivity contribution >= 4 is 16.6 Å². The van der Waals surface area contributed by atoms with Crippen molar-refractivity contribution in [2.24, 2.45) is 5.92 Å². The number of Topliss-reactive ketones (excluding diaryl/α,β-unsaturated/α-hetero) is 1. The molecule has 0 aromatic rings. The average molecular weight is 273 g/mol. The van der Waals surface area contributed by atoms with E-state index < -0.39 is 10.8 Å². The van der Waals surface area contributed by atoms with Gasteiger partial charge in [0, 0.05) is 28.7 Å². The van der Waals surface area contributed by atoms with Gasteiger partial charge in [0.2, 0.25) is 0 Å². The van der Waals surface area contributed by atoms with Gasteiger partial charge in [0.25, 0.3) is 0 Å². The fourth-order valence-corrected chi connectivity index (χ4v) is 4.30. The lowest BCUT2D eigenvalue weighted by molar-refractivity contribution is -0.120. The lowest BCUT2D eigenvalue weighted by Gasteiger charge is -2.22. The molecule has 0 aromatic carbocycles. The molecule has 2 atom stereocenters. The van der Waals surface area contributed by atoms with Gasteiger partial charge in [-0.05, 0) is 25.3 Å². The third-order valence-corrected chi connectivity index (χ3v) is 5.23. The second kappa shape index (κ2) is 8.81. The molecule has 18 heavy (non-hydrogen) atoms. The van der Waals surface area contributed by atoms with Crippen molar-refractivity contribution in [1.29, 1.82) is 0 Å². The zero-order chi connectivity index (χ0) is 13.4. The number of carbonyl (C=O) groups is 1. The van der Waals surface area contributed by atoms with Gasteiger partial charge in [-0.15, -0.1) is 0 Å². The number of ketones is 1. The molecule has 1 N–H and O–H groups in total. The van der Waals surface area contributed by atoms with Crippen LogP contribution in [0.2, 0.25) is 0 Å². The van der Waals surface area contributed by atoms with Crippen LogP contribution in [0.4, 0.5) is 0 Å². The normalized spacial score (nSPS) is 20.6. The minimum absolute atomic E-state index is 0.189. The van der Waals surface area contributed by atoms with Crippen LogP contribution in [0.15, 0.2) is 0 Å². The number of hydrogen-bond donors (Lipinski definition) is 1. The highest BCUT2D eigenvalue weighted by molar-refractivity contribution is 7.85. The molecule has 4 heteroatoms. The second-order valence-corrected chi connectivity index (χ2v) is 6.75. The third kappa shape index (κ3) is 5.61. The van der Waals surface area contributed by atoms with E-state index in [0.29, 0.717) is 18.1 Å². The number of likely N-dealkylation sites (N-methyl/N-ethyl adjacent to an activating group) is 1. The van der Waals surface area contributed by atoms with Crippen molar-refractivity contribution in [1.82, 2.24) is 5.32 Å². The summed E-state index contributed by atoms with van der Waals surface area (Å²) in [7, 11) is -0.855. The van der Waals surface area contributed by atoms with E-state index in [9.17, 15) is 9.00 Å². The van der Waals surface area contributed by atoms with Crippen molar-refractivity contribution in [2.75, 3.05) is 18.1 Å². The molecule has 0 bridgehead atoms. The summed E-state index contributed by atoms with van der Waals surface area (Å²) in [5, 5.41) is 3.16. The van der Waals surface area contributed by atoms with Crippen molar-refractivity contribution in [2.45, 2.75) is 58.4 Å². The Kier molecular flexibility index (Phi) is 7.75. The Balaban J connectivity index is 2.37. The molecule has 1 rings (SSSR count). The minimum Gasteiger partial charge on any atom is -0.307 e. The largest absolute Gasteiger partial charge is 0.307 e. The maximum atomic E-state index is 12.1. The first kappa shape index (κ1) is 15.8. The van der Waals surface area contributed by atoms with E-state index in [2.05, 4.69) is 5.32 Å². The Bertz CT molecular complexity index is 275. The Labute approximate surface area is 114 Å². The smallest absolute Gasteiger partial charge is 0.150 e. The van der Waals surface area contributed by atoms with E-state index >= 15 is 0 Å². The summed E-state index contributed by atoms with van der Waals surface area (Å²) >= 11 is 0. The third-order valence-electron chi connectivity index (χ3n) is 3.69. The molecule has 0 saturated heterocycles. The monoisotopic (exact) mass is 273 g/mol. The topological polar surface area (TPSA) is 46.2 Å². The van der Waals surface area contributed by atoms with Gasteiger partial charge in [-0.1, -0.05) is 33.1 Å². The number of carbonyl (C=O) groups excluding carboxylic acids is 1. The predicted octanol–water partition coefficient (Wildman–Crippen LogP) is 2.27. The molecular formula is C14H27NO2S. The van der Waals surface area contributed by atoms with E-state index in [1.54, 1.807) is 0 Å². The number of hydrogen-bond acceptors (Lipinski definition) is 3. The summed E-state index contributed by atoms with van der Waals surface area (Å²) in [6.07, 6.45) is 6.87. The highest BCUT2D eigenvalue weighted by Gasteiger charge is 2.21. The highest BCUT2D eigenvalue weighted by atomic mass is 32.2. The predicted molar refractivity (Wildman–Crippen MR) is 77.2 cm³/mol. The molecule has 1 fully saturated rings. The van der Waals surface area contributed by atoms with Gasteiger partial charge in [0.1, 0.15) is 5.78 Å². The SMILES string of the molecule is CCNC(CS(=O)CC1CCCCC1)C(=O)CC. The lowest BCUT2D eigenvalue weighted by atomic mass is 9.91. The summed E-state index contributed by atoms with van der Waals surface area (Å²) in [5.41, 5.74) is 0. The van der Waals surface area contributed by atoms with Crippen LogP contribution in [-0.4, -0.2) is 34.1 Å². The van der Waals surface area contributed by atoms with Gasteiger partial charge < -0.3 is 5.32 Å². The van der Waals surface area contributed by atoms with Crippen molar-refractivity contribution in [3.05, 3.63) is 0 Å². The van der Waals surface area contributed by atoms with E-state index in [0.717, 1.165) is 12.3 Å². The van der Waals surface area contributed by atoms with E-state index in [-0.39, 0.29) is 11.8 Å². The summed E-state index contributed by atoms with van der Waals surface area (Å²) in [6.45, 7) is 4.62. The zero-order valence-corrected chi connectivity index (χ0v) is 12.6.